The predicted octanol–water partition coefficient (Wildman–Crippen LogP) is 6.69. The van der Waals surface area contributed by atoms with E-state index in [1.807, 2.05) is 44.2 Å². The molecular formula is C28H30O2. The molecule has 2 heteroatoms. The summed E-state index contributed by atoms with van der Waals surface area (Å²) in [6.07, 6.45) is 1.25. The molecule has 0 aromatic heterocycles. The van der Waals surface area contributed by atoms with Crippen LogP contribution in [0, 0.1) is 0 Å². The molecule has 3 aromatic rings. The Morgan fingerprint density at radius 2 is 1.13 bits per heavy atom. The molecule has 0 spiro atoms. The summed E-state index contributed by atoms with van der Waals surface area (Å²) >= 11 is 0. The molecule has 3 aromatic carbocycles. The second-order valence-electron chi connectivity index (χ2n) is 8.45. The summed E-state index contributed by atoms with van der Waals surface area (Å²) in [5.41, 5.74) is 6.56. The number of aromatic hydroxyl groups is 2. The number of phenolic OH excluding ortho intramolecular Hbond substituents is 2. The molecule has 0 saturated heterocycles. The molecule has 0 saturated carbocycles. The number of hydrogen-bond donors (Lipinski definition) is 2. The minimum Gasteiger partial charge on any atom is -0.508 e. The van der Waals surface area contributed by atoms with Gasteiger partial charge in [-0.05, 0) is 73.6 Å². The molecule has 0 aliphatic rings. The fourth-order valence-corrected chi connectivity index (χ4v) is 4.00. The van der Waals surface area contributed by atoms with Gasteiger partial charge in [-0.25, -0.2) is 0 Å². The molecular weight excluding hydrogens is 368 g/mol. The SMILES string of the molecule is C=C(C)Cc1cc(C(C)(c2ccccc2)c2ccc(O)c(CC(=C)C)c2)ccc1O. The average molecular weight is 399 g/mol. The Kier molecular flexibility index (Phi) is 6.17. The van der Waals surface area contributed by atoms with Crippen molar-refractivity contribution in [1.29, 1.82) is 0 Å². The zero-order chi connectivity index (χ0) is 21.9. The first kappa shape index (κ1) is 21.4. The molecule has 0 heterocycles. The van der Waals surface area contributed by atoms with Crippen LogP contribution in [0.5, 0.6) is 11.5 Å². The molecule has 0 aliphatic carbocycles. The second kappa shape index (κ2) is 8.62. The summed E-state index contributed by atoms with van der Waals surface area (Å²) in [7, 11) is 0. The van der Waals surface area contributed by atoms with Crippen LogP contribution in [0.15, 0.2) is 91.0 Å². The standard InChI is InChI=1S/C28H30O2/c1-19(2)15-21-17-24(11-13-26(21)29)28(5,23-9-7-6-8-10-23)25-12-14-27(30)22(18-25)16-20(3)4/h6-14,17-18,29-30H,1,3,15-16H2,2,4-5H3. The predicted molar refractivity (Wildman–Crippen MR) is 125 cm³/mol. The van der Waals surface area contributed by atoms with Crippen LogP contribution in [-0.2, 0) is 18.3 Å². The van der Waals surface area contributed by atoms with Crippen molar-refractivity contribution in [1.82, 2.24) is 0 Å². The van der Waals surface area contributed by atoms with Crippen LogP contribution in [0.3, 0.4) is 0 Å². The Morgan fingerprint density at radius 1 is 0.700 bits per heavy atom. The molecule has 30 heavy (non-hydrogen) atoms. The zero-order valence-corrected chi connectivity index (χ0v) is 18.1. The highest BCUT2D eigenvalue weighted by Gasteiger charge is 2.32. The number of allylic oxidation sites excluding steroid dienone is 2. The molecule has 0 radical (unpaired) electrons. The number of rotatable bonds is 7. The molecule has 0 amide bonds. The van der Waals surface area contributed by atoms with Gasteiger partial charge in [0, 0.05) is 5.41 Å². The lowest BCUT2D eigenvalue weighted by Crippen LogP contribution is -2.25. The molecule has 0 unspecified atom stereocenters. The van der Waals surface area contributed by atoms with Crippen LogP contribution in [0.4, 0.5) is 0 Å². The van der Waals surface area contributed by atoms with Gasteiger partial charge in [-0.2, -0.15) is 0 Å². The fourth-order valence-electron chi connectivity index (χ4n) is 4.00. The van der Waals surface area contributed by atoms with Crippen molar-refractivity contribution < 1.29 is 10.2 Å². The summed E-state index contributed by atoms with van der Waals surface area (Å²) in [6.45, 7) is 14.1. The van der Waals surface area contributed by atoms with Gasteiger partial charge in [-0.15, -0.1) is 0 Å². The molecule has 2 nitrogen and oxygen atoms in total. The van der Waals surface area contributed by atoms with Crippen molar-refractivity contribution in [2.75, 3.05) is 0 Å². The second-order valence-corrected chi connectivity index (χ2v) is 8.45. The van der Waals surface area contributed by atoms with Gasteiger partial charge in [-0.1, -0.05) is 78.9 Å². The first-order chi connectivity index (χ1) is 14.2. The van der Waals surface area contributed by atoms with Gasteiger partial charge in [-0.3, -0.25) is 0 Å². The molecule has 3 rings (SSSR count). The monoisotopic (exact) mass is 398 g/mol. The van der Waals surface area contributed by atoms with E-state index in [2.05, 4.69) is 44.3 Å². The normalized spacial score (nSPS) is 11.3. The Bertz CT molecular complexity index is 1010. The third-order valence-corrected chi connectivity index (χ3v) is 5.65. The summed E-state index contributed by atoms with van der Waals surface area (Å²) in [5, 5.41) is 20.8. The maximum absolute atomic E-state index is 10.4. The van der Waals surface area contributed by atoms with E-state index in [1.165, 1.54) is 0 Å². The summed E-state index contributed by atoms with van der Waals surface area (Å²) < 4.78 is 0. The summed E-state index contributed by atoms with van der Waals surface area (Å²) in [4.78, 5) is 0. The third kappa shape index (κ3) is 4.33. The first-order valence-corrected chi connectivity index (χ1v) is 10.2. The zero-order valence-electron chi connectivity index (χ0n) is 18.1. The van der Waals surface area contributed by atoms with E-state index in [9.17, 15) is 10.2 Å². The Hall–Kier alpha value is -3.26. The van der Waals surface area contributed by atoms with E-state index < -0.39 is 5.41 Å². The van der Waals surface area contributed by atoms with Gasteiger partial charge in [0.1, 0.15) is 11.5 Å². The van der Waals surface area contributed by atoms with Crippen LogP contribution in [0.25, 0.3) is 0 Å². The lowest BCUT2D eigenvalue weighted by molar-refractivity contribution is 0.468. The van der Waals surface area contributed by atoms with E-state index in [0.717, 1.165) is 39.0 Å². The third-order valence-electron chi connectivity index (χ3n) is 5.65. The molecule has 0 atom stereocenters. The number of hydrogen-bond acceptors (Lipinski definition) is 2. The van der Waals surface area contributed by atoms with Gasteiger partial charge in [0.05, 0.1) is 0 Å². The largest absolute Gasteiger partial charge is 0.508 e. The molecule has 2 N–H and O–H groups in total. The van der Waals surface area contributed by atoms with E-state index in [-0.39, 0.29) is 11.5 Å². The van der Waals surface area contributed by atoms with E-state index in [1.54, 1.807) is 12.1 Å². The van der Waals surface area contributed by atoms with Crippen LogP contribution in [0.1, 0.15) is 48.6 Å². The maximum Gasteiger partial charge on any atom is 0.119 e. The fraction of sp³-hybridized carbons (Fsp3) is 0.214. The van der Waals surface area contributed by atoms with Crippen LogP contribution >= 0.6 is 0 Å². The number of benzene rings is 3. The van der Waals surface area contributed by atoms with Crippen LogP contribution in [0.2, 0.25) is 0 Å². The molecule has 0 bridgehead atoms. The van der Waals surface area contributed by atoms with E-state index >= 15 is 0 Å². The highest BCUT2D eigenvalue weighted by atomic mass is 16.3. The van der Waals surface area contributed by atoms with Crippen LogP contribution < -0.4 is 0 Å². The maximum atomic E-state index is 10.4. The first-order valence-electron chi connectivity index (χ1n) is 10.2. The van der Waals surface area contributed by atoms with Gasteiger partial charge >= 0.3 is 0 Å². The van der Waals surface area contributed by atoms with Crippen molar-refractivity contribution in [2.45, 2.75) is 39.0 Å². The lowest BCUT2D eigenvalue weighted by atomic mass is 9.70. The summed E-state index contributed by atoms with van der Waals surface area (Å²) in [6, 6.07) is 22.0. The minimum absolute atomic E-state index is 0.283. The van der Waals surface area contributed by atoms with Gasteiger partial charge in [0.25, 0.3) is 0 Å². The molecule has 0 aliphatic heterocycles. The number of phenols is 2. The molecule has 0 fully saturated rings. The quantitative estimate of drug-likeness (QED) is 0.344. The lowest BCUT2D eigenvalue weighted by Gasteiger charge is -2.33. The smallest absolute Gasteiger partial charge is 0.119 e. The van der Waals surface area contributed by atoms with Crippen molar-refractivity contribution in [3.8, 4) is 11.5 Å². The van der Waals surface area contributed by atoms with Crippen molar-refractivity contribution >= 4 is 0 Å². The van der Waals surface area contributed by atoms with E-state index in [4.69, 9.17) is 0 Å². The van der Waals surface area contributed by atoms with Gasteiger partial charge in [0.15, 0.2) is 0 Å². The Morgan fingerprint density at radius 3 is 1.53 bits per heavy atom. The van der Waals surface area contributed by atoms with Crippen molar-refractivity contribution in [3.05, 3.63) is 119 Å². The Labute approximate surface area is 179 Å². The highest BCUT2D eigenvalue weighted by Crippen LogP contribution is 2.41. The summed E-state index contributed by atoms with van der Waals surface area (Å²) in [5.74, 6) is 0.566. The van der Waals surface area contributed by atoms with E-state index in [0.29, 0.717) is 12.8 Å². The van der Waals surface area contributed by atoms with Crippen molar-refractivity contribution in [3.63, 3.8) is 0 Å². The highest BCUT2D eigenvalue weighted by molar-refractivity contribution is 5.54. The average Bonchev–Trinajstić information content (AvgIpc) is 2.70. The van der Waals surface area contributed by atoms with Crippen LogP contribution in [-0.4, -0.2) is 10.2 Å². The minimum atomic E-state index is -0.462. The van der Waals surface area contributed by atoms with Crippen molar-refractivity contribution in [2.24, 2.45) is 0 Å². The Balaban J connectivity index is 2.24. The van der Waals surface area contributed by atoms with Gasteiger partial charge in [0.2, 0.25) is 0 Å². The topological polar surface area (TPSA) is 40.5 Å². The molecule has 154 valence electrons. The van der Waals surface area contributed by atoms with Gasteiger partial charge < -0.3 is 10.2 Å².